The summed E-state index contributed by atoms with van der Waals surface area (Å²) in [5.41, 5.74) is 1.06. The van der Waals surface area contributed by atoms with Gasteiger partial charge in [0, 0.05) is 22.3 Å². The zero-order valence-electron chi connectivity index (χ0n) is 11.2. The van der Waals surface area contributed by atoms with Crippen LogP contribution in [0.1, 0.15) is 42.6 Å². The number of hydrogen-bond acceptors (Lipinski definition) is 3. The Morgan fingerprint density at radius 1 is 1.32 bits per heavy atom. The Hall–Kier alpha value is -1.07. The minimum absolute atomic E-state index is 0.0607. The summed E-state index contributed by atoms with van der Waals surface area (Å²) in [6.45, 7) is 5.73. The summed E-state index contributed by atoms with van der Waals surface area (Å²) in [5, 5.41) is 2.88. The molecule has 0 fully saturated rings. The zero-order valence-corrected chi connectivity index (χ0v) is 12.8. The van der Waals surface area contributed by atoms with Gasteiger partial charge in [0.15, 0.2) is 0 Å². The van der Waals surface area contributed by atoms with Gasteiger partial charge in [0.25, 0.3) is 15.0 Å². The van der Waals surface area contributed by atoms with Crippen LogP contribution in [0, 0.1) is 6.92 Å². The number of rotatable bonds is 5. The van der Waals surface area contributed by atoms with Crippen molar-refractivity contribution in [3.05, 3.63) is 29.3 Å². The average Bonchev–Trinajstić information content (AvgIpc) is 2.34. The van der Waals surface area contributed by atoms with E-state index in [1.807, 2.05) is 13.8 Å². The average molecular weight is 304 g/mol. The van der Waals surface area contributed by atoms with Crippen LogP contribution >= 0.6 is 10.7 Å². The van der Waals surface area contributed by atoms with E-state index >= 15 is 0 Å². The van der Waals surface area contributed by atoms with Crippen LogP contribution in [0.3, 0.4) is 0 Å². The van der Waals surface area contributed by atoms with Gasteiger partial charge in [-0.15, -0.1) is 0 Å². The molecule has 0 unspecified atom stereocenters. The van der Waals surface area contributed by atoms with Crippen LogP contribution in [-0.4, -0.2) is 20.4 Å². The molecule has 0 saturated carbocycles. The van der Waals surface area contributed by atoms with Gasteiger partial charge in [-0.2, -0.15) is 0 Å². The van der Waals surface area contributed by atoms with Crippen molar-refractivity contribution in [1.29, 1.82) is 0 Å². The first-order valence-electron chi connectivity index (χ1n) is 6.15. The second-order valence-corrected chi connectivity index (χ2v) is 6.97. The smallest absolute Gasteiger partial charge is 0.261 e. The third-order valence-electron chi connectivity index (χ3n) is 3.06. The van der Waals surface area contributed by atoms with Crippen molar-refractivity contribution < 1.29 is 13.2 Å². The van der Waals surface area contributed by atoms with Crippen molar-refractivity contribution in [2.75, 3.05) is 0 Å². The molecule has 0 aliphatic rings. The topological polar surface area (TPSA) is 63.2 Å². The normalized spacial score (nSPS) is 11.6. The zero-order chi connectivity index (χ0) is 14.6. The minimum atomic E-state index is -3.82. The molecular weight excluding hydrogens is 286 g/mol. The van der Waals surface area contributed by atoms with Crippen molar-refractivity contribution in [2.45, 2.75) is 44.6 Å². The molecule has 106 valence electrons. The van der Waals surface area contributed by atoms with Crippen LogP contribution in [0.25, 0.3) is 0 Å². The molecular formula is C13H18ClNO3S. The second-order valence-electron chi connectivity index (χ2n) is 4.40. The number of carbonyl (C=O) groups excluding carboxylic acids is 1. The third-order valence-corrected chi connectivity index (χ3v) is 4.41. The van der Waals surface area contributed by atoms with Crippen molar-refractivity contribution in [1.82, 2.24) is 5.32 Å². The van der Waals surface area contributed by atoms with Crippen LogP contribution in [0.5, 0.6) is 0 Å². The molecule has 1 aromatic rings. The first-order valence-corrected chi connectivity index (χ1v) is 8.46. The molecule has 0 bridgehead atoms. The highest BCUT2D eigenvalue weighted by molar-refractivity contribution is 8.13. The summed E-state index contributed by atoms with van der Waals surface area (Å²) in [7, 11) is 1.47. The maximum absolute atomic E-state index is 12.1. The Morgan fingerprint density at radius 3 is 2.37 bits per heavy atom. The fourth-order valence-corrected chi connectivity index (χ4v) is 2.53. The number of halogens is 1. The van der Waals surface area contributed by atoms with Gasteiger partial charge in [0.1, 0.15) is 0 Å². The van der Waals surface area contributed by atoms with Gasteiger partial charge in [-0.25, -0.2) is 8.42 Å². The van der Waals surface area contributed by atoms with E-state index in [1.54, 1.807) is 13.0 Å². The lowest BCUT2D eigenvalue weighted by atomic mass is 10.1. The van der Waals surface area contributed by atoms with E-state index in [0.29, 0.717) is 11.1 Å². The van der Waals surface area contributed by atoms with E-state index in [4.69, 9.17) is 10.7 Å². The summed E-state index contributed by atoms with van der Waals surface area (Å²) in [5.74, 6) is -0.270. The molecule has 1 amide bonds. The monoisotopic (exact) mass is 303 g/mol. The molecule has 1 aromatic carbocycles. The molecule has 0 heterocycles. The number of carbonyl (C=O) groups is 1. The van der Waals surface area contributed by atoms with Crippen molar-refractivity contribution in [2.24, 2.45) is 0 Å². The van der Waals surface area contributed by atoms with E-state index in [1.165, 1.54) is 12.1 Å². The molecule has 0 aliphatic heterocycles. The van der Waals surface area contributed by atoms with Gasteiger partial charge < -0.3 is 5.32 Å². The van der Waals surface area contributed by atoms with Gasteiger partial charge in [-0.1, -0.05) is 19.9 Å². The fraction of sp³-hybridized carbons (Fsp3) is 0.462. The fourth-order valence-electron chi connectivity index (χ4n) is 1.75. The number of hydrogen-bond donors (Lipinski definition) is 1. The predicted molar refractivity (Wildman–Crippen MR) is 76.1 cm³/mol. The first kappa shape index (κ1) is 16.0. The molecule has 0 radical (unpaired) electrons. The van der Waals surface area contributed by atoms with Gasteiger partial charge >= 0.3 is 0 Å². The summed E-state index contributed by atoms with van der Waals surface area (Å²) in [4.78, 5) is 12.1. The number of aryl methyl sites for hydroxylation is 1. The van der Waals surface area contributed by atoms with Crippen LogP contribution in [0.2, 0.25) is 0 Å². The van der Waals surface area contributed by atoms with Crippen molar-refractivity contribution in [3.63, 3.8) is 0 Å². The van der Waals surface area contributed by atoms with E-state index < -0.39 is 9.05 Å². The van der Waals surface area contributed by atoms with E-state index in [9.17, 15) is 13.2 Å². The summed E-state index contributed by atoms with van der Waals surface area (Å²) in [6.07, 6.45) is 1.66. The first-order chi connectivity index (χ1) is 8.79. The Kier molecular flexibility index (Phi) is 5.38. The van der Waals surface area contributed by atoms with Gasteiger partial charge in [0.05, 0.1) is 4.90 Å². The molecule has 6 heteroatoms. The van der Waals surface area contributed by atoms with Crippen LogP contribution in [0.15, 0.2) is 23.1 Å². The highest BCUT2D eigenvalue weighted by atomic mass is 35.7. The van der Waals surface area contributed by atoms with Gasteiger partial charge in [0.2, 0.25) is 0 Å². The standard InChI is InChI=1S/C13H18ClNO3S/c1-4-10(5-2)15-13(16)12-8-11(19(14,17)18)7-6-9(12)3/h6-8,10H,4-5H2,1-3H3,(H,15,16). The SMILES string of the molecule is CCC(CC)NC(=O)c1cc(S(=O)(=O)Cl)ccc1C. The van der Waals surface area contributed by atoms with Crippen LogP contribution in [0.4, 0.5) is 0 Å². The maximum atomic E-state index is 12.1. The van der Waals surface area contributed by atoms with Crippen molar-refractivity contribution >= 4 is 25.6 Å². The predicted octanol–water partition coefficient (Wildman–Crippen LogP) is 2.84. The quantitative estimate of drug-likeness (QED) is 0.851. The van der Waals surface area contributed by atoms with Crippen LogP contribution < -0.4 is 5.32 Å². The highest BCUT2D eigenvalue weighted by Gasteiger charge is 2.17. The number of nitrogens with one attached hydrogen (secondary N) is 1. The molecule has 4 nitrogen and oxygen atoms in total. The summed E-state index contributed by atoms with van der Waals surface area (Å²) in [6, 6.07) is 4.38. The molecule has 1 N–H and O–H groups in total. The van der Waals surface area contributed by atoms with Gasteiger partial charge in [-0.3, -0.25) is 4.79 Å². The number of benzene rings is 1. The largest absolute Gasteiger partial charge is 0.349 e. The Morgan fingerprint density at radius 2 is 1.89 bits per heavy atom. The molecule has 1 rings (SSSR count). The Labute approximate surface area is 118 Å². The maximum Gasteiger partial charge on any atom is 0.261 e. The lowest BCUT2D eigenvalue weighted by molar-refractivity contribution is 0.0934. The van der Waals surface area contributed by atoms with E-state index in [2.05, 4.69) is 5.32 Å². The molecule has 19 heavy (non-hydrogen) atoms. The van der Waals surface area contributed by atoms with Gasteiger partial charge in [-0.05, 0) is 37.5 Å². The Bertz CT molecular complexity index is 565. The molecule has 0 aromatic heterocycles. The molecule has 0 atom stereocenters. The second kappa shape index (κ2) is 6.39. The molecule has 0 saturated heterocycles. The lowest BCUT2D eigenvalue weighted by Crippen LogP contribution is -2.34. The minimum Gasteiger partial charge on any atom is -0.349 e. The highest BCUT2D eigenvalue weighted by Crippen LogP contribution is 2.19. The molecule has 0 aliphatic carbocycles. The number of amides is 1. The van der Waals surface area contributed by atoms with E-state index in [-0.39, 0.29) is 16.8 Å². The van der Waals surface area contributed by atoms with E-state index in [0.717, 1.165) is 12.8 Å². The van der Waals surface area contributed by atoms with Crippen molar-refractivity contribution in [3.8, 4) is 0 Å². The summed E-state index contributed by atoms with van der Waals surface area (Å²) < 4.78 is 22.6. The third kappa shape index (κ3) is 4.21. The summed E-state index contributed by atoms with van der Waals surface area (Å²) >= 11 is 0. The Balaban J connectivity index is 3.09. The lowest BCUT2D eigenvalue weighted by Gasteiger charge is -2.16. The molecule has 0 spiro atoms. The van der Waals surface area contributed by atoms with Crippen LogP contribution in [-0.2, 0) is 9.05 Å².